The molecule has 1 N–H and O–H groups in total. The second-order valence-electron chi connectivity index (χ2n) is 5.15. The van der Waals surface area contributed by atoms with Gasteiger partial charge in [-0.05, 0) is 24.0 Å². The summed E-state index contributed by atoms with van der Waals surface area (Å²) in [6, 6.07) is 8.36. The number of rotatable bonds is 4. The zero-order chi connectivity index (χ0) is 14.8. The Morgan fingerprint density at radius 2 is 2.15 bits per heavy atom. The average molecular weight is 294 g/mol. The van der Waals surface area contributed by atoms with Gasteiger partial charge in [-0.1, -0.05) is 25.1 Å². The summed E-state index contributed by atoms with van der Waals surface area (Å²) in [7, 11) is -3.52. The van der Waals surface area contributed by atoms with Crippen molar-refractivity contribution in [2.24, 2.45) is 5.92 Å². The van der Waals surface area contributed by atoms with Crippen molar-refractivity contribution in [2.45, 2.75) is 25.1 Å². The highest BCUT2D eigenvalue weighted by atomic mass is 32.2. The lowest BCUT2D eigenvalue weighted by atomic mass is 10.0. The van der Waals surface area contributed by atoms with E-state index in [2.05, 4.69) is 0 Å². The molecule has 0 spiro atoms. The van der Waals surface area contributed by atoms with Gasteiger partial charge in [-0.3, -0.25) is 0 Å². The molecule has 1 aromatic carbocycles. The van der Waals surface area contributed by atoms with Gasteiger partial charge in [0.2, 0.25) is 10.0 Å². The molecule has 1 heterocycles. The highest BCUT2D eigenvalue weighted by Crippen LogP contribution is 2.28. The van der Waals surface area contributed by atoms with Crippen LogP contribution in [0.4, 0.5) is 0 Å². The molecule has 0 amide bonds. The summed E-state index contributed by atoms with van der Waals surface area (Å²) in [5, 5.41) is 18.4. The predicted molar refractivity (Wildman–Crippen MR) is 75.1 cm³/mol. The van der Waals surface area contributed by atoms with Crippen molar-refractivity contribution in [3.05, 3.63) is 35.4 Å². The summed E-state index contributed by atoms with van der Waals surface area (Å²) in [4.78, 5) is 0. The van der Waals surface area contributed by atoms with Crippen molar-refractivity contribution >= 4 is 10.0 Å². The molecule has 0 aromatic heterocycles. The molecule has 0 radical (unpaired) electrons. The van der Waals surface area contributed by atoms with E-state index in [0.29, 0.717) is 17.7 Å². The lowest BCUT2D eigenvalue weighted by Gasteiger charge is -2.24. The molecule has 1 fully saturated rings. The number of nitriles is 1. The quantitative estimate of drug-likeness (QED) is 0.901. The fraction of sp³-hybridized carbons (Fsp3) is 0.500. The van der Waals surface area contributed by atoms with Crippen LogP contribution in [0.5, 0.6) is 0 Å². The number of hydrogen-bond donors (Lipinski definition) is 1. The SMILES string of the molecule is CC1CCN(S(=O)(=O)Cc2ccccc2C#N)C1CO. The van der Waals surface area contributed by atoms with E-state index in [1.807, 2.05) is 13.0 Å². The van der Waals surface area contributed by atoms with Crippen LogP contribution in [0.15, 0.2) is 24.3 Å². The second kappa shape index (κ2) is 5.92. The van der Waals surface area contributed by atoms with Gasteiger partial charge in [-0.25, -0.2) is 8.42 Å². The number of aliphatic hydroxyl groups excluding tert-OH is 1. The number of aliphatic hydroxyl groups is 1. The maximum atomic E-state index is 12.5. The van der Waals surface area contributed by atoms with Gasteiger partial charge < -0.3 is 5.11 Å². The molecule has 6 heteroatoms. The van der Waals surface area contributed by atoms with E-state index in [0.717, 1.165) is 6.42 Å². The fourth-order valence-electron chi connectivity index (χ4n) is 2.62. The third-order valence-corrected chi connectivity index (χ3v) is 5.70. The molecule has 2 rings (SSSR count). The fourth-order valence-corrected chi connectivity index (χ4v) is 4.51. The molecule has 1 aromatic rings. The summed E-state index contributed by atoms with van der Waals surface area (Å²) >= 11 is 0. The summed E-state index contributed by atoms with van der Waals surface area (Å²) < 4.78 is 26.4. The minimum absolute atomic E-state index is 0.154. The highest BCUT2D eigenvalue weighted by molar-refractivity contribution is 7.88. The number of hydrogen-bond acceptors (Lipinski definition) is 4. The predicted octanol–water partition coefficient (Wildman–Crippen LogP) is 1.09. The van der Waals surface area contributed by atoms with Gasteiger partial charge in [0.1, 0.15) is 0 Å². The molecule has 20 heavy (non-hydrogen) atoms. The average Bonchev–Trinajstić information content (AvgIpc) is 2.81. The normalized spacial score (nSPS) is 23.6. The van der Waals surface area contributed by atoms with Gasteiger partial charge in [0.25, 0.3) is 0 Å². The molecule has 5 nitrogen and oxygen atoms in total. The summed E-state index contributed by atoms with van der Waals surface area (Å²) in [5.41, 5.74) is 0.884. The maximum Gasteiger partial charge on any atom is 0.218 e. The van der Waals surface area contributed by atoms with E-state index in [-0.39, 0.29) is 24.3 Å². The van der Waals surface area contributed by atoms with Gasteiger partial charge in [0.05, 0.1) is 30.0 Å². The Balaban J connectivity index is 2.26. The maximum absolute atomic E-state index is 12.5. The van der Waals surface area contributed by atoms with Crippen molar-refractivity contribution < 1.29 is 13.5 Å². The Hall–Kier alpha value is -1.42. The van der Waals surface area contributed by atoms with Crippen LogP contribution < -0.4 is 0 Å². The van der Waals surface area contributed by atoms with Crippen LogP contribution in [0.1, 0.15) is 24.5 Å². The van der Waals surface area contributed by atoms with E-state index in [9.17, 15) is 13.5 Å². The van der Waals surface area contributed by atoms with Crippen LogP contribution in [-0.4, -0.2) is 37.0 Å². The minimum Gasteiger partial charge on any atom is -0.395 e. The first-order chi connectivity index (χ1) is 9.49. The third kappa shape index (κ3) is 2.85. The summed E-state index contributed by atoms with van der Waals surface area (Å²) in [5.74, 6) is -0.0408. The Morgan fingerprint density at radius 1 is 1.45 bits per heavy atom. The zero-order valence-electron chi connectivity index (χ0n) is 11.4. The Morgan fingerprint density at radius 3 is 2.80 bits per heavy atom. The van der Waals surface area contributed by atoms with Crippen molar-refractivity contribution in [2.75, 3.05) is 13.2 Å². The van der Waals surface area contributed by atoms with Gasteiger partial charge in [-0.15, -0.1) is 0 Å². The molecule has 0 aliphatic carbocycles. The van der Waals surface area contributed by atoms with Crippen LogP contribution in [0, 0.1) is 17.2 Å². The molecule has 1 aliphatic rings. The molecule has 2 atom stereocenters. The van der Waals surface area contributed by atoms with Crippen LogP contribution in [0.25, 0.3) is 0 Å². The number of benzene rings is 1. The monoisotopic (exact) mass is 294 g/mol. The van der Waals surface area contributed by atoms with E-state index >= 15 is 0 Å². The van der Waals surface area contributed by atoms with Crippen molar-refractivity contribution in [1.29, 1.82) is 5.26 Å². The largest absolute Gasteiger partial charge is 0.395 e. The zero-order valence-corrected chi connectivity index (χ0v) is 12.2. The minimum atomic E-state index is -3.52. The molecule has 1 saturated heterocycles. The van der Waals surface area contributed by atoms with Crippen LogP contribution in [-0.2, 0) is 15.8 Å². The molecule has 2 unspecified atom stereocenters. The molecular weight excluding hydrogens is 276 g/mol. The smallest absolute Gasteiger partial charge is 0.218 e. The van der Waals surface area contributed by atoms with Crippen LogP contribution >= 0.6 is 0 Å². The first kappa shape index (κ1) is 15.0. The van der Waals surface area contributed by atoms with Gasteiger partial charge in [-0.2, -0.15) is 9.57 Å². The van der Waals surface area contributed by atoms with Gasteiger partial charge >= 0.3 is 0 Å². The van der Waals surface area contributed by atoms with Gasteiger partial charge in [0, 0.05) is 6.54 Å². The molecule has 0 saturated carbocycles. The first-order valence-corrected chi connectivity index (χ1v) is 8.19. The van der Waals surface area contributed by atoms with E-state index in [1.165, 1.54) is 4.31 Å². The lowest BCUT2D eigenvalue weighted by molar-refractivity contribution is 0.191. The Bertz CT molecular complexity index is 622. The van der Waals surface area contributed by atoms with Crippen LogP contribution in [0.3, 0.4) is 0 Å². The van der Waals surface area contributed by atoms with Crippen molar-refractivity contribution in [3.8, 4) is 6.07 Å². The van der Waals surface area contributed by atoms with E-state index in [1.54, 1.807) is 24.3 Å². The third-order valence-electron chi connectivity index (χ3n) is 3.85. The van der Waals surface area contributed by atoms with Crippen molar-refractivity contribution in [3.63, 3.8) is 0 Å². The lowest BCUT2D eigenvalue weighted by Crippen LogP contribution is -2.40. The van der Waals surface area contributed by atoms with Gasteiger partial charge in [0.15, 0.2) is 0 Å². The summed E-state index contributed by atoms with van der Waals surface area (Å²) in [6.45, 7) is 2.21. The number of nitrogens with zero attached hydrogens (tertiary/aromatic N) is 2. The first-order valence-electron chi connectivity index (χ1n) is 6.58. The topological polar surface area (TPSA) is 81.4 Å². The molecule has 0 bridgehead atoms. The molecular formula is C14H18N2O3S. The molecule has 1 aliphatic heterocycles. The second-order valence-corrected chi connectivity index (χ2v) is 7.07. The summed E-state index contributed by atoms with van der Waals surface area (Å²) in [6.07, 6.45) is 0.754. The Labute approximate surface area is 119 Å². The van der Waals surface area contributed by atoms with Crippen LogP contribution in [0.2, 0.25) is 0 Å². The highest BCUT2D eigenvalue weighted by Gasteiger charge is 2.38. The van der Waals surface area contributed by atoms with E-state index < -0.39 is 10.0 Å². The van der Waals surface area contributed by atoms with E-state index in [4.69, 9.17) is 5.26 Å². The Kier molecular flexibility index (Phi) is 4.43. The standard InChI is InChI=1S/C14H18N2O3S/c1-11-6-7-16(14(11)9-17)20(18,19)10-13-5-3-2-4-12(13)8-15/h2-5,11,14,17H,6-7,9-10H2,1H3. The molecule has 108 valence electrons. The van der Waals surface area contributed by atoms with Crippen molar-refractivity contribution in [1.82, 2.24) is 4.31 Å². The number of sulfonamides is 1.